The molecule has 0 aliphatic heterocycles. The van der Waals surface area contributed by atoms with Gasteiger partial charge >= 0.3 is 12.1 Å². The Hall–Kier alpha value is -3.30. The molecule has 0 spiro atoms. The van der Waals surface area contributed by atoms with E-state index in [-0.39, 0.29) is 48.7 Å². The number of anilines is 1. The molecule has 2 fully saturated rings. The van der Waals surface area contributed by atoms with Crippen LogP contribution in [0.3, 0.4) is 0 Å². The third kappa shape index (κ3) is 5.91. The van der Waals surface area contributed by atoms with Gasteiger partial charge in [-0.15, -0.1) is 0 Å². The van der Waals surface area contributed by atoms with E-state index in [2.05, 4.69) is 10.1 Å². The zero-order chi connectivity index (χ0) is 25.8. The number of aryl methyl sites for hydroxylation is 1. The van der Waals surface area contributed by atoms with Crippen molar-refractivity contribution in [3.63, 3.8) is 0 Å². The predicted octanol–water partition coefficient (Wildman–Crippen LogP) is 4.07. The van der Waals surface area contributed by atoms with Crippen molar-refractivity contribution in [2.24, 2.45) is 13.0 Å². The van der Waals surface area contributed by atoms with Crippen LogP contribution in [0.15, 0.2) is 18.3 Å². The van der Waals surface area contributed by atoms with Gasteiger partial charge in [0.25, 0.3) is 0 Å². The molecule has 0 bridgehead atoms. The molecule has 0 radical (unpaired) electrons. The number of ether oxygens (including phenoxy) is 3. The normalized spacial score (nSPS) is 20.0. The molecular weight excluding hydrogens is 462 g/mol. The second-order valence-electron chi connectivity index (χ2n) is 10.0. The number of amides is 1. The summed E-state index contributed by atoms with van der Waals surface area (Å²) in [6.45, 7) is 3.79. The lowest BCUT2D eigenvalue weighted by Gasteiger charge is -2.33. The molecule has 2 heterocycles. The van der Waals surface area contributed by atoms with E-state index < -0.39 is 0 Å². The molecule has 2 atom stereocenters. The second-order valence-corrected chi connectivity index (χ2v) is 10.0. The van der Waals surface area contributed by atoms with Gasteiger partial charge in [-0.3, -0.25) is 9.48 Å². The lowest BCUT2D eigenvalue weighted by atomic mass is 9.87. The van der Waals surface area contributed by atoms with Crippen LogP contribution >= 0.6 is 0 Å². The molecule has 196 valence electrons. The van der Waals surface area contributed by atoms with E-state index in [0.717, 1.165) is 49.8 Å². The van der Waals surface area contributed by atoms with Crippen molar-refractivity contribution >= 4 is 17.9 Å². The topological polar surface area (TPSA) is 122 Å². The molecule has 1 amide bonds. The minimum atomic E-state index is -0.342. The van der Waals surface area contributed by atoms with Crippen LogP contribution in [-0.4, -0.2) is 57.0 Å². The number of hydrogen-bond donors (Lipinski definition) is 1. The van der Waals surface area contributed by atoms with Crippen LogP contribution in [0.25, 0.3) is 11.3 Å². The Morgan fingerprint density at radius 1 is 1.19 bits per heavy atom. The van der Waals surface area contributed by atoms with E-state index in [9.17, 15) is 9.59 Å². The monoisotopic (exact) mass is 499 g/mol. The van der Waals surface area contributed by atoms with Crippen LogP contribution in [0.1, 0.15) is 64.5 Å². The molecule has 10 heteroatoms. The maximum Gasteiger partial charge on any atom is 0.410 e. The van der Waals surface area contributed by atoms with Gasteiger partial charge in [-0.2, -0.15) is 5.10 Å². The molecular formula is C26H37N5O5. The first kappa shape index (κ1) is 25.8. The fourth-order valence-corrected chi connectivity index (χ4v) is 4.69. The van der Waals surface area contributed by atoms with Gasteiger partial charge < -0.3 is 24.8 Å². The maximum atomic E-state index is 12.4. The highest BCUT2D eigenvalue weighted by molar-refractivity contribution is 5.73. The molecule has 2 aliphatic rings. The summed E-state index contributed by atoms with van der Waals surface area (Å²) in [5.74, 6) is 0.420. The number of nitrogens with zero attached hydrogens (tertiary/aromatic N) is 4. The summed E-state index contributed by atoms with van der Waals surface area (Å²) in [5, 5.41) is 4.32. The molecule has 2 saturated carbocycles. The Morgan fingerprint density at radius 3 is 2.61 bits per heavy atom. The summed E-state index contributed by atoms with van der Waals surface area (Å²) in [7, 11) is 3.58. The number of rotatable bonds is 8. The van der Waals surface area contributed by atoms with Crippen molar-refractivity contribution in [1.82, 2.24) is 19.7 Å². The minimum Gasteiger partial charge on any atom is -0.487 e. The smallest absolute Gasteiger partial charge is 0.410 e. The van der Waals surface area contributed by atoms with Crippen molar-refractivity contribution in [3.05, 3.63) is 24.0 Å². The number of carbonyl (C=O) groups excluding carboxylic acids is 2. The summed E-state index contributed by atoms with van der Waals surface area (Å²) in [5.41, 5.74) is 8.35. The second kappa shape index (κ2) is 11.2. The molecule has 2 N–H and O–H groups in total. The molecule has 36 heavy (non-hydrogen) atoms. The highest BCUT2D eigenvalue weighted by Crippen LogP contribution is 2.33. The third-order valence-corrected chi connectivity index (χ3v) is 7.07. The van der Waals surface area contributed by atoms with E-state index in [1.54, 1.807) is 35.9 Å². The predicted molar refractivity (Wildman–Crippen MR) is 134 cm³/mol. The molecule has 10 nitrogen and oxygen atoms in total. The van der Waals surface area contributed by atoms with Gasteiger partial charge in [0, 0.05) is 25.7 Å². The number of nitrogen functional groups attached to an aromatic ring is 1. The molecule has 4 rings (SSSR count). The molecule has 2 aromatic heterocycles. The zero-order valence-electron chi connectivity index (χ0n) is 21.6. The Labute approximate surface area is 212 Å². The van der Waals surface area contributed by atoms with Crippen LogP contribution < -0.4 is 10.5 Å². The highest BCUT2D eigenvalue weighted by atomic mass is 16.6. The van der Waals surface area contributed by atoms with Gasteiger partial charge in [0.2, 0.25) is 0 Å². The quantitative estimate of drug-likeness (QED) is 0.539. The van der Waals surface area contributed by atoms with Crippen molar-refractivity contribution < 1.29 is 23.8 Å². The van der Waals surface area contributed by atoms with Crippen LogP contribution in [0, 0.1) is 5.92 Å². The van der Waals surface area contributed by atoms with Gasteiger partial charge in [0.1, 0.15) is 6.61 Å². The van der Waals surface area contributed by atoms with Gasteiger partial charge in [-0.05, 0) is 70.9 Å². The number of esters is 1. The fraction of sp³-hybridized carbons (Fsp3) is 0.615. The van der Waals surface area contributed by atoms with Crippen LogP contribution in [-0.2, 0) is 27.9 Å². The number of pyridine rings is 1. The third-order valence-electron chi connectivity index (χ3n) is 7.07. The highest BCUT2D eigenvalue weighted by Gasteiger charge is 2.31. The van der Waals surface area contributed by atoms with E-state index >= 15 is 0 Å². The lowest BCUT2D eigenvalue weighted by molar-refractivity contribution is -0.154. The van der Waals surface area contributed by atoms with Crippen LogP contribution in [0.4, 0.5) is 10.6 Å². The molecule has 2 aromatic rings. The Balaban J connectivity index is 1.40. The van der Waals surface area contributed by atoms with Gasteiger partial charge in [0.05, 0.1) is 35.7 Å². The fourth-order valence-electron chi connectivity index (χ4n) is 4.69. The van der Waals surface area contributed by atoms with Crippen molar-refractivity contribution in [2.75, 3.05) is 12.8 Å². The van der Waals surface area contributed by atoms with E-state index in [4.69, 9.17) is 19.9 Å². The average molecular weight is 500 g/mol. The van der Waals surface area contributed by atoms with Crippen molar-refractivity contribution in [3.8, 4) is 17.0 Å². The zero-order valence-corrected chi connectivity index (χ0v) is 21.6. The van der Waals surface area contributed by atoms with Crippen molar-refractivity contribution in [1.29, 1.82) is 0 Å². The van der Waals surface area contributed by atoms with E-state index in [0.29, 0.717) is 17.9 Å². The molecule has 0 unspecified atom stereocenters. The number of nitrogens with two attached hydrogens (primary N) is 1. The molecule has 0 aromatic carbocycles. The van der Waals surface area contributed by atoms with Gasteiger partial charge in [-0.25, -0.2) is 9.78 Å². The maximum absolute atomic E-state index is 12.4. The van der Waals surface area contributed by atoms with E-state index in [1.807, 2.05) is 19.9 Å². The summed E-state index contributed by atoms with van der Waals surface area (Å²) >= 11 is 0. The Kier molecular flexibility index (Phi) is 8.01. The van der Waals surface area contributed by atoms with Gasteiger partial charge in [-0.1, -0.05) is 0 Å². The van der Waals surface area contributed by atoms with Crippen LogP contribution in [0.5, 0.6) is 5.75 Å². The van der Waals surface area contributed by atoms with E-state index in [1.165, 1.54) is 0 Å². The molecule has 2 aliphatic carbocycles. The summed E-state index contributed by atoms with van der Waals surface area (Å²) in [6, 6.07) is 3.88. The van der Waals surface area contributed by atoms with Crippen LogP contribution in [0.2, 0.25) is 0 Å². The Bertz CT molecular complexity index is 1080. The summed E-state index contributed by atoms with van der Waals surface area (Å²) in [4.78, 5) is 31.0. The minimum absolute atomic E-state index is 0.0809. The molecule has 0 saturated heterocycles. The number of aromatic nitrogens is 3. The van der Waals surface area contributed by atoms with Crippen molar-refractivity contribution in [2.45, 2.75) is 83.6 Å². The largest absolute Gasteiger partial charge is 0.487 e. The first-order valence-corrected chi connectivity index (χ1v) is 12.8. The van der Waals surface area contributed by atoms with Gasteiger partial charge in [0.15, 0.2) is 11.6 Å². The SMILES string of the molecule is CC(C)OC(=O)[C@H]1CCC[C@H](Oc2ccc(-c3cnn(C)c3COC(=O)N(C)C3CCC3)nc2N)C1. The number of hydrogen-bond acceptors (Lipinski definition) is 8. The summed E-state index contributed by atoms with van der Waals surface area (Å²) < 4.78 is 18.8. The first-order valence-electron chi connectivity index (χ1n) is 12.8. The Morgan fingerprint density at radius 2 is 1.94 bits per heavy atom. The summed E-state index contributed by atoms with van der Waals surface area (Å²) in [6.07, 6.45) is 7.42. The standard InChI is InChI=1S/C26H37N5O5/c1-16(2)35-25(32)17-7-5-10-19(13-17)36-23-12-11-21(29-24(23)27)20-14-28-31(4)22(20)15-34-26(33)30(3)18-8-6-9-18/h11-12,14,16-19H,5-10,13,15H2,1-4H3,(H2,27,29)/t17-,19-/m0/s1. The first-order chi connectivity index (χ1) is 17.2. The lowest BCUT2D eigenvalue weighted by Crippen LogP contribution is -2.41. The number of carbonyl (C=O) groups is 2. The average Bonchev–Trinajstić information content (AvgIpc) is 3.17.